The molecule has 8 heteroatoms. The lowest BCUT2D eigenvalue weighted by Crippen LogP contribution is -2.28. The number of carbonyl (C=O) groups excluding carboxylic acids is 1. The standard InChI is InChI=1S/C20H23BrFNO4S/c1-27-20(24)6-4-2-3-5-19(15-7-11-17(22)12-8-15)23-28(25,26)18-13-9-16(21)10-14-18/h7-14,19,23H,2-6H2,1H3. The molecular formula is C20H23BrFNO4S. The Labute approximate surface area is 173 Å². The van der Waals surface area contributed by atoms with Gasteiger partial charge in [0.1, 0.15) is 5.82 Å². The SMILES string of the molecule is COC(=O)CCCCCC(NS(=O)(=O)c1ccc(Br)cc1)c1ccc(F)cc1. The Balaban J connectivity index is 2.08. The van der Waals surface area contributed by atoms with Crippen molar-refractivity contribution in [2.45, 2.75) is 43.0 Å². The van der Waals surface area contributed by atoms with E-state index in [1.807, 2.05) is 0 Å². The number of carbonyl (C=O) groups is 1. The molecule has 28 heavy (non-hydrogen) atoms. The molecule has 0 spiro atoms. The third-order valence-electron chi connectivity index (χ3n) is 4.30. The van der Waals surface area contributed by atoms with Crippen LogP contribution in [-0.2, 0) is 19.6 Å². The predicted octanol–water partition coefficient (Wildman–Crippen LogP) is 4.73. The number of sulfonamides is 1. The van der Waals surface area contributed by atoms with E-state index >= 15 is 0 Å². The van der Waals surface area contributed by atoms with Crippen LogP contribution in [0, 0.1) is 5.82 Å². The monoisotopic (exact) mass is 471 g/mol. The fourth-order valence-corrected chi connectivity index (χ4v) is 4.28. The van der Waals surface area contributed by atoms with Gasteiger partial charge in [0.15, 0.2) is 0 Å². The number of rotatable bonds is 10. The highest BCUT2D eigenvalue weighted by atomic mass is 79.9. The first-order valence-corrected chi connectivity index (χ1v) is 11.2. The first-order chi connectivity index (χ1) is 13.3. The molecule has 5 nitrogen and oxygen atoms in total. The minimum absolute atomic E-state index is 0.161. The van der Waals surface area contributed by atoms with Gasteiger partial charge in [-0.25, -0.2) is 17.5 Å². The highest BCUT2D eigenvalue weighted by Crippen LogP contribution is 2.24. The van der Waals surface area contributed by atoms with E-state index in [0.717, 1.165) is 10.9 Å². The highest BCUT2D eigenvalue weighted by Gasteiger charge is 2.21. The molecule has 0 amide bonds. The van der Waals surface area contributed by atoms with E-state index in [1.54, 1.807) is 24.3 Å². The van der Waals surface area contributed by atoms with Crippen LogP contribution in [0.25, 0.3) is 0 Å². The molecule has 0 saturated heterocycles. The fourth-order valence-electron chi connectivity index (χ4n) is 2.75. The summed E-state index contributed by atoms with van der Waals surface area (Å²) in [5, 5.41) is 0. The maximum Gasteiger partial charge on any atom is 0.305 e. The van der Waals surface area contributed by atoms with E-state index in [-0.39, 0.29) is 16.7 Å². The molecule has 1 unspecified atom stereocenters. The molecular weight excluding hydrogens is 449 g/mol. The Morgan fingerprint density at radius 2 is 1.71 bits per heavy atom. The molecule has 0 radical (unpaired) electrons. The van der Waals surface area contributed by atoms with Crippen LogP contribution in [0.1, 0.15) is 43.7 Å². The van der Waals surface area contributed by atoms with Crippen molar-refractivity contribution in [3.63, 3.8) is 0 Å². The van der Waals surface area contributed by atoms with Crippen molar-refractivity contribution in [1.82, 2.24) is 4.72 Å². The number of halogens is 2. The van der Waals surface area contributed by atoms with Crippen molar-refractivity contribution in [3.05, 3.63) is 64.4 Å². The molecule has 152 valence electrons. The summed E-state index contributed by atoms with van der Waals surface area (Å²) in [6.45, 7) is 0. The lowest BCUT2D eigenvalue weighted by molar-refractivity contribution is -0.140. The number of hydrogen-bond acceptors (Lipinski definition) is 4. The molecule has 2 aromatic carbocycles. The van der Waals surface area contributed by atoms with Gasteiger partial charge in [-0.3, -0.25) is 4.79 Å². The first-order valence-electron chi connectivity index (χ1n) is 8.92. The quantitative estimate of drug-likeness (QED) is 0.401. The minimum atomic E-state index is -3.73. The largest absolute Gasteiger partial charge is 0.469 e. The number of ether oxygens (including phenoxy) is 1. The van der Waals surface area contributed by atoms with Gasteiger partial charge in [-0.2, -0.15) is 0 Å². The number of benzene rings is 2. The first kappa shape index (κ1) is 22.5. The molecule has 2 aromatic rings. The van der Waals surface area contributed by atoms with E-state index < -0.39 is 16.1 Å². The fraction of sp³-hybridized carbons (Fsp3) is 0.350. The van der Waals surface area contributed by atoms with Crippen molar-refractivity contribution in [1.29, 1.82) is 0 Å². The van der Waals surface area contributed by atoms with Gasteiger partial charge in [-0.05, 0) is 54.8 Å². The maximum absolute atomic E-state index is 13.3. The molecule has 1 N–H and O–H groups in total. The topological polar surface area (TPSA) is 72.5 Å². The third kappa shape index (κ3) is 7.00. The number of hydrogen-bond donors (Lipinski definition) is 1. The molecule has 0 heterocycles. The summed E-state index contributed by atoms with van der Waals surface area (Å²) >= 11 is 3.29. The average Bonchev–Trinajstić information content (AvgIpc) is 2.67. The molecule has 0 aliphatic rings. The molecule has 0 bridgehead atoms. The van der Waals surface area contributed by atoms with Gasteiger partial charge in [0.2, 0.25) is 10.0 Å². The van der Waals surface area contributed by atoms with Crippen LogP contribution in [0.3, 0.4) is 0 Å². The number of methoxy groups -OCH3 is 1. The van der Waals surface area contributed by atoms with E-state index in [0.29, 0.717) is 31.2 Å². The zero-order valence-corrected chi connectivity index (χ0v) is 17.9. The number of unbranched alkanes of at least 4 members (excludes halogenated alkanes) is 2. The van der Waals surface area contributed by atoms with E-state index in [4.69, 9.17) is 0 Å². The number of esters is 1. The summed E-state index contributed by atoms with van der Waals surface area (Å²) in [6, 6.07) is 11.7. The molecule has 0 aromatic heterocycles. The van der Waals surface area contributed by atoms with Gasteiger partial charge in [0.05, 0.1) is 12.0 Å². The van der Waals surface area contributed by atoms with Crippen molar-refractivity contribution in [2.24, 2.45) is 0 Å². The van der Waals surface area contributed by atoms with Crippen LogP contribution in [0.4, 0.5) is 4.39 Å². The van der Waals surface area contributed by atoms with Gasteiger partial charge >= 0.3 is 5.97 Å². The van der Waals surface area contributed by atoms with Crippen LogP contribution >= 0.6 is 15.9 Å². The van der Waals surface area contributed by atoms with E-state index in [2.05, 4.69) is 25.4 Å². The van der Waals surface area contributed by atoms with Gasteiger partial charge in [-0.15, -0.1) is 0 Å². The van der Waals surface area contributed by atoms with Gasteiger partial charge in [0.25, 0.3) is 0 Å². The molecule has 2 rings (SSSR count). The summed E-state index contributed by atoms with van der Waals surface area (Å²) in [4.78, 5) is 11.3. The van der Waals surface area contributed by atoms with E-state index in [1.165, 1.54) is 31.4 Å². The van der Waals surface area contributed by atoms with Crippen molar-refractivity contribution in [3.8, 4) is 0 Å². The van der Waals surface area contributed by atoms with E-state index in [9.17, 15) is 17.6 Å². The van der Waals surface area contributed by atoms with Crippen LogP contribution < -0.4 is 4.72 Å². The van der Waals surface area contributed by atoms with Gasteiger partial charge in [-0.1, -0.05) is 40.9 Å². The predicted molar refractivity (Wildman–Crippen MR) is 109 cm³/mol. The van der Waals surface area contributed by atoms with Crippen LogP contribution in [0.5, 0.6) is 0 Å². The molecule has 0 saturated carbocycles. The third-order valence-corrected chi connectivity index (χ3v) is 6.31. The van der Waals surface area contributed by atoms with Gasteiger partial charge < -0.3 is 4.74 Å². The van der Waals surface area contributed by atoms with Crippen LogP contribution in [0.15, 0.2) is 57.9 Å². The smallest absolute Gasteiger partial charge is 0.305 e. The Morgan fingerprint density at radius 3 is 2.32 bits per heavy atom. The highest BCUT2D eigenvalue weighted by molar-refractivity contribution is 9.10. The summed E-state index contributed by atoms with van der Waals surface area (Å²) in [5.74, 6) is -0.637. The Morgan fingerprint density at radius 1 is 1.07 bits per heavy atom. The molecule has 0 fully saturated rings. The van der Waals surface area contributed by atoms with Crippen molar-refractivity contribution < 1.29 is 22.3 Å². The zero-order valence-electron chi connectivity index (χ0n) is 15.5. The zero-order chi connectivity index (χ0) is 20.6. The molecule has 0 aliphatic carbocycles. The summed E-state index contributed by atoms with van der Waals surface area (Å²) in [5.41, 5.74) is 0.690. The van der Waals surface area contributed by atoms with Crippen LogP contribution in [0.2, 0.25) is 0 Å². The second kappa shape index (κ2) is 10.7. The van der Waals surface area contributed by atoms with Crippen molar-refractivity contribution in [2.75, 3.05) is 7.11 Å². The second-order valence-electron chi connectivity index (χ2n) is 6.35. The Hall–Kier alpha value is -1.77. The second-order valence-corrected chi connectivity index (χ2v) is 8.98. The maximum atomic E-state index is 13.3. The number of nitrogens with one attached hydrogen (secondary N) is 1. The minimum Gasteiger partial charge on any atom is -0.469 e. The Kier molecular flexibility index (Phi) is 8.59. The summed E-state index contributed by atoms with van der Waals surface area (Å²) in [7, 11) is -2.38. The Bertz CT molecular complexity index is 870. The summed E-state index contributed by atoms with van der Waals surface area (Å²) in [6.07, 6.45) is 3.00. The average molecular weight is 472 g/mol. The lowest BCUT2D eigenvalue weighted by atomic mass is 10.0. The summed E-state index contributed by atoms with van der Waals surface area (Å²) < 4.78 is 46.9. The molecule has 1 atom stereocenters. The van der Waals surface area contributed by atoms with Crippen molar-refractivity contribution >= 4 is 31.9 Å². The molecule has 0 aliphatic heterocycles. The normalized spacial score (nSPS) is 12.5. The van der Waals surface area contributed by atoms with Gasteiger partial charge in [0, 0.05) is 16.9 Å². The van der Waals surface area contributed by atoms with Crippen LogP contribution in [-0.4, -0.2) is 21.5 Å². The lowest BCUT2D eigenvalue weighted by Gasteiger charge is -2.19.